The summed E-state index contributed by atoms with van der Waals surface area (Å²) in [7, 11) is 1.53. The average molecular weight is 224 g/mol. The normalized spacial score (nSPS) is 19.7. The van der Waals surface area contributed by atoms with Gasteiger partial charge in [0, 0.05) is 13.2 Å². The second-order valence-corrected chi connectivity index (χ2v) is 3.66. The Kier molecular flexibility index (Phi) is 3.40. The van der Waals surface area contributed by atoms with Crippen molar-refractivity contribution in [1.82, 2.24) is 9.97 Å². The van der Waals surface area contributed by atoms with E-state index in [0.717, 1.165) is 19.4 Å². The fourth-order valence-corrected chi connectivity index (χ4v) is 1.70. The highest BCUT2D eigenvalue weighted by Crippen LogP contribution is 2.24. The Bertz CT molecular complexity index is 353. The standard InChI is InChI=1S/C10H16N4O2/c1-15-10-8(11)9(13-6-14-10)12-5-7-3-2-4-16-7/h6-7H,2-5,11H2,1H3,(H,12,13,14). The lowest BCUT2D eigenvalue weighted by atomic mass is 10.2. The lowest BCUT2D eigenvalue weighted by Gasteiger charge is -2.13. The summed E-state index contributed by atoms with van der Waals surface area (Å²) in [5, 5.41) is 3.15. The second-order valence-electron chi connectivity index (χ2n) is 3.66. The topological polar surface area (TPSA) is 82.3 Å². The highest BCUT2D eigenvalue weighted by atomic mass is 16.5. The Hall–Kier alpha value is -1.56. The first kappa shape index (κ1) is 10.9. The molecule has 1 unspecified atom stereocenters. The number of nitrogen functional groups attached to an aromatic ring is 1. The molecule has 2 rings (SSSR count). The van der Waals surface area contributed by atoms with Gasteiger partial charge in [0.25, 0.3) is 0 Å². The molecule has 3 N–H and O–H groups in total. The van der Waals surface area contributed by atoms with Gasteiger partial charge in [0.2, 0.25) is 5.88 Å². The number of ether oxygens (including phenoxy) is 2. The van der Waals surface area contributed by atoms with Gasteiger partial charge < -0.3 is 20.5 Å². The summed E-state index contributed by atoms with van der Waals surface area (Å²) in [4.78, 5) is 7.97. The lowest BCUT2D eigenvalue weighted by Crippen LogP contribution is -2.19. The predicted molar refractivity (Wildman–Crippen MR) is 60.5 cm³/mol. The maximum Gasteiger partial charge on any atom is 0.242 e. The Labute approximate surface area is 94.2 Å². The Balaban J connectivity index is 1.97. The smallest absolute Gasteiger partial charge is 0.242 e. The number of nitrogens with one attached hydrogen (secondary N) is 1. The number of hydrogen-bond acceptors (Lipinski definition) is 6. The van der Waals surface area contributed by atoms with Crippen LogP contribution in [-0.4, -0.2) is 36.3 Å². The van der Waals surface area contributed by atoms with Gasteiger partial charge in [-0.25, -0.2) is 4.98 Å². The third kappa shape index (κ3) is 2.33. The van der Waals surface area contributed by atoms with Crippen molar-refractivity contribution in [3.63, 3.8) is 0 Å². The highest BCUT2D eigenvalue weighted by molar-refractivity contribution is 5.66. The van der Waals surface area contributed by atoms with E-state index in [0.29, 0.717) is 23.9 Å². The van der Waals surface area contributed by atoms with E-state index >= 15 is 0 Å². The summed E-state index contributed by atoms with van der Waals surface area (Å²) in [5.74, 6) is 0.993. The molecule has 0 saturated carbocycles. The van der Waals surface area contributed by atoms with Gasteiger partial charge in [-0.15, -0.1) is 0 Å². The van der Waals surface area contributed by atoms with E-state index in [1.165, 1.54) is 13.4 Å². The second kappa shape index (κ2) is 4.98. The van der Waals surface area contributed by atoms with E-state index in [9.17, 15) is 0 Å². The first-order valence-electron chi connectivity index (χ1n) is 5.31. The minimum Gasteiger partial charge on any atom is -0.479 e. The van der Waals surface area contributed by atoms with Crippen LogP contribution in [0.25, 0.3) is 0 Å². The summed E-state index contributed by atoms with van der Waals surface area (Å²) in [5.41, 5.74) is 6.26. The average Bonchev–Trinajstić information content (AvgIpc) is 2.81. The van der Waals surface area contributed by atoms with E-state index in [4.69, 9.17) is 15.2 Å². The molecule has 0 bridgehead atoms. The highest BCUT2D eigenvalue weighted by Gasteiger charge is 2.16. The number of aromatic nitrogens is 2. The van der Waals surface area contributed by atoms with E-state index in [2.05, 4.69) is 15.3 Å². The molecule has 1 atom stereocenters. The molecule has 1 fully saturated rings. The van der Waals surface area contributed by atoms with Gasteiger partial charge in [-0.3, -0.25) is 0 Å². The van der Waals surface area contributed by atoms with Gasteiger partial charge in [-0.2, -0.15) is 4.98 Å². The molecule has 0 aliphatic carbocycles. The largest absolute Gasteiger partial charge is 0.479 e. The fraction of sp³-hybridized carbons (Fsp3) is 0.600. The number of nitrogens with zero attached hydrogens (tertiary/aromatic N) is 2. The molecular formula is C10H16N4O2. The zero-order valence-corrected chi connectivity index (χ0v) is 9.27. The van der Waals surface area contributed by atoms with Gasteiger partial charge in [-0.1, -0.05) is 0 Å². The number of methoxy groups -OCH3 is 1. The lowest BCUT2D eigenvalue weighted by molar-refractivity contribution is 0.120. The Morgan fingerprint density at radius 3 is 3.19 bits per heavy atom. The van der Waals surface area contributed by atoms with E-state index < -0.39 is 0 Å². The van der Waals surface area contributed by atoms with Crippen LogP contribution in [-0.2, 0) is 4.74 Å². The van der Waals surface area contributed by atoms with Crippen LogP contribution in [0.1, 0.15) is 12.8 Å². The van der Waals surface area contributed by atoms with Gasteiger partial charge in [0.1, 0.15) is 12.0 Å². The van der Waals surface area contributed by atoms with Crippen LogP contribution in [0.2, 0.25) is 0 Å². The zero-order chi connectivity index (χ0) is 11.4. The third-order valence-electron chi connectivity index (χ3n) is 2.56. The molecule has 0 aromatic carbocycles. The van der Waals surface area contributed by atoms with Crippen molar-refractivity contribution in [1.29, 1.82) is 0 Å². The molecule has 1 aliphatic rings. The maximum absolute atomic E-state index is 5.83. The molecule has 16 heavy (non-hydrogen) atoms. The number of hydrogen-bond donors (Lipinski definition) is 2. The van der Waals surface area contributed by atoms with Crippen molar-refractivity contribution in [3.05, 3.63) is 6.33 Å². The summed E-state index contributed by atoms with van der Waals surface area (Å²) in [6.07, 6.45) is 3.87. The maximum atomic E-state index is 5.83. The summed E-state index contributed by atoms with van der Waals surface area (Å²) >= 11 is 0. The molecule has 1 aromatic rings. The van der Waals surface area contributed by atoms with Crippen LogP contribution in [0.15, 0.2) is 6.33 Å². The quantitative estimate of drug-likeness (QED) is 0.781. The van der Waals surface area contributed by atoms with Crippen molar-refractivity contribution in [2.75, 3.05) is 31.3 Å². The molecule has 88 valence electrons. The van der Waals surface area contributed by atoms with Crippen molar-refractivity contribution in [3.8, 4) is 5.88 Å². The molecule has 1 aliphatic heterocycles. The molecule has 2 heterocycles. The van der Waals surface area contributed by atoms with Crippen molar-refractivity contribution in [2.45, 2.75) is 18.9 Å². The summed E-state index contributed by atoms with van der Waals surface area (Å²) < 4.78 is 10.5. The Morgan fingerprint density at radius 1 is 1.62 bits per heavy atom. The van der Waals surface area contributed by atoms with E-state index in [1.54, 1.807) is 0 Å². The van der Waals surface area contributed by atoms with Crippen molar-refractivity contribution >= 4 is 11.5 Å². The number of rotatable bonds is 4. The minimum atomic E-state index is 0.250. The van der Waals surface area contributed by atoms with Crippen LogP contribution < -0.4 is 15.8 Å². The van der Waals surface area contributed by atoms with E-state index in [1.807, 2.05) is 0 Å². The van der Waals surface area contributed by atoms with Crippen LogP contribution in [0.4, 0.5) is 11.5 Å². The van der Waals surface area contributed by atoms with Gasteiger partial charge in [0.05, 0.1) is 13.2 Å². The van der Waals surface area contributed by atoms with Crippen LogP contribution in [0.3, 0.4) is 0 Å². The molecule has 6 nitrogen and oxygen atoms in total. The monoisotopic (exact) mass is 224 g/mol. The SMILES string of the molecule is COc1ncnc(NCC2CCCO2)c1N. The van der Waals surface area contributed by atoms with Gasteiger partial charge >= 0.3 is 0 Å². The van der Waals surface area contributed by atoms with E-state index in [-0.39, 0.29) is 6.10 Å². The molecular weight excluding hydrogens is 208 g/mol. The van der Waals surface area contributed by atoms with Crippen LogP contribution in [0, 0.1) is 0 Å². The van der Waals surface area contributed by atoms with Crippen molar-refractivity contribution in [2.24, 2.45) is 0 Å². The molecule has 1 aromatic heterocycles. The van der Waals surface area contributed by atoms with Crippen molar-refractivity contribution < 1.29 is 9.47 Å². The molecule has 0 spiro atoms. The van der Waals surface area contributed by atoms with Gasteiger partial charge in [-0.05, 0) is 12.8 Å². The minimum absolute atomic E-state index is 0.250. The number of anilines is 2. The molecule has 6 heteroatoms. The molecule has 0 amide bonds. The number of nitrogens with two attached hydrogens (primary N) is 1. The van der Waals surface area contributed by atoms with Crippen LogP contribution >= 0.6 is 0 Å². The Morgan fingerprint density at radius 2 is 2.50 bits per heavy atom. The predicted octanol–water partition coefficient (Wildman–Crippen LogP) is 0.658. The molecule has 1 saturated heterocycles. The fourth-order valence-electron chi connectivity index (χ4n) is 1.70. The van der Waals surface area contributed by atoms with Crippen LogP contribution in [0.5, 0.6) is 5.88 Å². The van der Waals surface area contributed by atoms with Gasteiger partial charge in [0.15, 0.2) is 5.82 Å². The molecule has 0 radical (unpaired) electrons. The summed E-state index contributed by atoms with van der Waals surface area (Å²) in [6, 6.07) is 0. The summed E-state index contributed by atoms with van der Waals surface area (Å²) in [6.45, 7) is 1.55. The third-order valence-corrected chi connectivity index (χ3v) is 2.56. The first-order chi connectivity index (χ1) is 7.81. The first-order valence-corrected chi connectivity index (χ1v) is 5.31. The zero-order valence-electron chi connectivity index (χ0n) is 9.27.